The van der Waals surface area contributed by atoms with Crippen molar-refractivity contribution in [3.05, 3.63) is 30.3 Å². The van der Waals surface area contributed by atoms with Crippen molar-refractivity contribution in [2.75, 3.05) is 18.8 Å². The summed E-state index contributed by atoms with van der Waals surface area (Å²) in [6, 6.07) is 10.3. The molecule has 0 saturated carbocycles. The number of amides is 1. The Morgan fingerprint density at radius 3 is 2.83 bits per heavy atom. The summed E-state index contributed by atoms with van der Waals surface area (Å²) in [6.45, 7) is 1.98. The fourth-order valence-corrected chi connectivity index (χ4v) is 2.64. The molecule has 0 unspecified atom stereocenters. The molecule has 1 aromatic rings. The fourth-order valence-electron chi connectivity index (χ4n) is 1.91. The maximum atomic E-state index is 11.7. The molecule has 1 fully saturated rings. The molecule has 1 aliphatic rings. The highest BCUT2D eigenvalue weighted by atomic mass is 35.5. The molecule has 0 aromatic heterocycles. The number of carbonyl (C=O) groups excluding carboxylic acids is 1. The summed E-state index contributed by atoms with van der Waals surface area (Å²) in [5.74, 6) is 0.633. The zero-order valence-corrected chi connectivity index (χ0v) is 11.9. The van der Waals surface area contributed by atoms with Crippen LogP contribution < -0.4 is 10.6 Å². The van der Waals surface area contributed by atoms with E-state index in [1.165, 1.54) is 0 Å². The van der Waals surface area contributed by atoms with E-state index in [0.29, 0.717) is 11.8 Å². The highest BCUT2D eigenvalue weighted by molar-refractivity contribution is 8.00. The lowest BCUT2D eigenvalue weighted by Gasteiger charge is -2.23. The summed E-state index contributed by atoms with van der Waals surface area (Å²) in [5, 5.41) is 6.36. The van der Waals surface area contributed by atoms with E-state index in [-0.39, 0.29) is 18.3 Å². The third kappa shape index (κ3) is 5.29. The van der Waals surface area contributed by atoms with Gasteiger partial charge >= 0.3 is 0 Å². The van der Waals surface area contributed by atoms with E-state index in [9.17, 15) is 4.79 Å². The molecule has 3 nitrogen and oxygen atoms in total. The lowest BCUT2D eigenvalue weighted by molar-refractivity contribution is -0.119. The highest BCUT2D eigenvalue weighted by Crippen LogP contribution is 2.16. The second kappa shape index (κ2) is 8.40. The van der Waals surface area contributed by atoms with E-state index in [0.717, 1.165) is 30.8 Å². The average molecular weight is 287 g/mol. The third-order valence-corrected chi connectivity index (χ3v) is 3.79. The number of hydrogen-bond acceptors (Lipinski definition) is 3. The van der Waals surface area contributed by atoms with Gasteiger partial charge in [0.2, 0.25) is 5.91 Å². The lowest BCUT2D eigenvalue weighted by Crippen LogP contribution is -2.46. The molecule has 2 N–H and O–H groups in total. The molecule has 1 aromatic carbocycles. The lowest BCUT2D eigenvalue weighted by atomic mass is 10.1. The van der Waals surface area contributed by atoms with Gasteiger partial charge in [-0.25, -0.2) is 0 Å². The minimum atomic E-state index is 0. The van der Waals surface area contributed by atoms with Crippen LogP contribution in [0.4, 0.5) is 0 Å². The zero-order chi connectivity index (χ0) is 11.9. The molecule has 1 atom stereocenters. The van der Waals surface area contributed by atoms with Crippen LogP contribution in [0.5, 0.6) is 0 Å². The number of hydrogen-bond donors (Lipinski definition) is 2. The van der Waals surface area contributed by atoms with Gasteiger partial charge in [0, 0.05) is 17.5 Å². The first-order valence-electron chi connectivity index (χ1n) is 6.02. The molecule has 0 radical (unpaired) electrons. The number of carbonyl (C=O) groups is 1. The Morgan fingerprint density at radius 2 is 2.17 bits per heavy atom. The Balaban J connectivity index is 0.00000162. The molecule has 18 heavy (non-hydrogen) atoms. The molecular weight excluding hydrogens is 268 g/mol. The molecule has 1 heterocycles. The molecule has 1 saturated heterocycles. The van der Waals surface area contributed by atoms with Crippen LogP contribution in [0.3, 0.4) is 0 Å². The second-order valence-electron chi connectivity index (χ2n) is 4.21. The van der Waals surface area contributed by atoms with Crippen molar-refractivity contribution in [3.63, 3.8) is 0 Å². The minimum Gasteiger partial charge on any atom is -0.351 e. The van der Waals surface area contributed by atoms with Gasteiger partial charge in [-0.1, -0.05) is 18.2 Å². The number of thioether (sulfide) groups is 1. The fraction of sp³-hybridized carbons (Fsp3) is 0.462. The van der Waals surface area contributed by atoms with Gasteiger partial charge in [-0.15, -0.1) is 24.2 Å². The average Bonchev–Trinajstić information content (AvgIpc) is 2.39. The Hall–Kier alpha value is -0.710. The van der Waals surface area contributed by atoms with Crippen molar-refractivity contribution < 1.29 is 4.79 Å². The molecule has 0 spiro atoms. The van der Waals surface area contributed by atoms with Crippen LogP contribution in [0, 0.1) is 0 Å². The second-order valence-corrected chi connectivity index (χ2v) is 5.26. The summed E-state index contributed by atoms with van der Waals surface area (Å²) in [4.78, 5) is 12.9. The van der Waals surface area contributed by atoms with Crippen LogP contribution in [0.25, 0.3) is 0 Å². The van der Waals surface area contributed by atoms with Gasteiger partial charge in [-0.3, -0.25) is 4.79 Å². The summed E-state index contributed by atoms with van der Waals surface area (Å²) >= 11 is 1.58. The predicted molar refractivity (Wildman–Crippen MR) is 78.4 cm³/mol. The van der Waals surface area contributed by atoms with Crippen LogP contribution in [0.1, 0.15) is 12.8 Å². The van der Waals surface area contributed by atoms with Crippen molar-refractivity contribution in [1.29, 1.82) is 0 Å². The number of benzene rings is 1. The van der Waals surface area contributed by atoms with Crippen LogP contribution in [0.2, 0.25) is 0 Å². The van der Waals surface area contributed by atoms with Crippen LogP contribution >= 0.6 is 24.2 Å². The van der Waals surface area contributed by atoms with Crippen LogP contribution in [0.15, 0.2) is 35.2 Å². The first-order valence-corrected chi connectivity index (χ1v) is 7.01. The number of halogens is 1. The molecular formula is C13H19ClN2OS. The van der Waals surface area contributed by atoms with Crippen molar-refractivity contribution in [1.82, 2.24) is 10.6 Å². The van der Waals surface area contributed by atoms with Crippen molar-refractivity contribution in [2.45, 2.75) is 23.8 Å². The van der Waals surface area contributed by atoms with E-state index >= 15 is 0 Å². The van der Waals surface area contributed by atoms with Crippen molar-refractivity contribution in [2.24, 2.45) is 0 Å². The quantitative estimate of drug-likeness (QED) is 0.833. The molecule has 5 heteroatoms. The smallest absolute Gasteiger partial charge is 0.230 e. The van der Waals surface area contributed by atoms with Gasteiger partial charge in [0.15, 0.2) is 0 Å². The standard InChI is InChI=1S/C13H18N2OS.ClH/c16-13(15-11-5-4-8-14-9-11)10-17-12-6-2-1-3-7-12;/h1-3,6-7,11,14H,4-5,8-10H2,(H,15,16);1H/t11-;/m0./s1. The number of piperidine rings is 1. The van der Waals surface area contributed by atoms with Crippen molar-refractivity contribution >= 4 is 30.1 Å². The summed E-state index contributed by atoms with van der Waals surface area (Å²) < 4.78 is 0. The predicted octanol–water partition coefficient (Wildman–Crippen LogP) is 2.07. The first-order chi connectivity index (χ1) is 8.34. The number of nitrogens with one attached hydrogen (secondary N) is 2. The Kier molecular flexibility index (Phi) is 7.16. The first kappa shape index (κ1) is 15.3. The maximum absolute atomic E-state index is 11.7. The molecule has 1 amide bonds. The largest absolute Gasteiger partial charge is 0.351 e. The molecule has 0 bridgehead atoms. The van der Waals surface area contributed by atoms with E-state index in [1.54, 1.807) is 11.8 Å². The van der Waals surface area contributed by atoms with Gasteiger partial charge in [-0.2, -0.15) is 0 Å². The van der Waals surface area contributed by atoms with Gasteiger partial charge in [0.1, 0.15) is 0 Å². The van der Waals surface area contributed by atoms with Crippen molar-refractivity contribution in [3.8, 4) is 0 Å². The SMILES string of the molecule is Cl.O=C(CSc1ccccc1)N[C@H]1CCCNC1. The Morgan fingerprint density at radius 1 is 1.39 bits per heavy atom. The van der Waals surface area contributed by atoms with E-state index < -0.39 is 0 Å². The monoisotopic (exact) mass is 286 g/mol. The van der Waals surface area contributed by atoms with Gasteiger partial charge < -0.3 is 10.6 Å². The normalized spacial score (nSPS) is 18.8. The summed E-state index contributed by atoms with van der Waals surface area (Å²) in [5.41, 5.74) is 0. The van der Waals surface area contributed by atoms with Crippen LogP contribution in [-0.4, -0.2) is 30.8 Å². The van der Waals surface area contributed by atoms with Gasteiger partial charge in [-0.05, 0) is 31.5 Å². The number of rotatable bonds is 4. The molecule has 100 valence electrons. The maximum Gasteiger partial charge on any atom is 0.230 e. The van der Waals surface area contributed by atoms with E-state index in [4.69, 9.17) is 0 Å². The topological polar surface area (TPSA) is 41.1 Å². The van der Waals surface area contributed by atoms with E-state index in [2.05, 4.69) is 10.6 Å². The van der Waals surface area contributed by atoms with Gasteiger partial charge in [0.05, 0.1) is 5.75 Å². The third-order valence-electron chi connectivity index (χ3n) is 2.78. The Bertz CT molecular complexity index is 355. The Labute approximate surface area is 119 Å². The highest BCUT2D eigenvalue weighted by Gasteiger charge is 2.14. The molecule has 2 rings (SSSR count). The van der Waals surface area contributed by atoms with Gasteiger partial charge in [0.25, 0.3) is 0 Å². The summed E-state index contributed by atoms with van der Waals surface area (Å²) in [7, 11) is 0. The zero-order valence-electron chi connectivity index (χ0n) is 10.2. The van der Waals surface area contributed by atoms with Crippen LogP contribution in [-0.2, 0) is 4.79 Å². The molecule has 0 aliphatic carbocycles. The summed E-state index contributed by atoms with van der Waals surface area (Å²) in [6.07, 6.45) is 2.24. The van der Waals surface area contributed by atoms with E-state index in [1.807, 2.05) is 30.3 Å². The molecule has 1 aliphatic heterocycles. The minimum absolute atomic E-state index is 0.